The second-order valence-corrected chi connectivity index (χ2v) is 6.18. The van der Waals surface area contributed by atoms with Gasteiger partial charge in [0.05, 0.1) is 0 Å². The summed E-state index contributed by atoms with van der Waals surface area (Å²) in [6.45, 7) is 2.84. The fourth-order valence-corrected chi connectivity index (χ4v) is 2.55. The maximum atomic E-state index is 14.3. The number of rotatable bonds is 15. The quantitative estimate of drug-likeness (QED) is 0.148. The molecule has 0 aromatic carbocycles. The van der Waals surface area contributed by atoms with Gasteiger partial charge in [0.2, 0.25) is 0 Å². The molecule has 0 rings (SSSR count). The van der Waals surface area contributed by atoms with E-state index in [2.05, 4.69) is 14.0 Å². The molecule has 3 atom stereocenters. The Morgan fingerprint density at radius 3 is 0.903 bits per heavy atom. The third-order valence-corrected chi connectivity index (χ3v) is 4.03. The lowest BCUT2D eigenvalue weighted by Gasteiger charge is -2.37. The predicted octanol–water partition coefficient (Wildman–Crippen LogP) is 4.58. The zero-order valence-corrected chi connectivity index (χ0v) is 17.9. The lowest BCUT2D eigenvalue weighted by atomic mass is 10.2. The van der Waals surface area contributed by atoms with Crippen molar-refractivity contribution in [3.63, 3.8) is 0 Å². The molecular weight excluding hydrogens is 452 g/mol. The van der Waals surface area contributed by atoms with E-state index < -0.39 is 64.5 Å². The summed E-state index contributed by atoms with van der Waals surface area (Å²) in [5, 5.41) is 0. The third kappa shape index (κ3) is 8.57. The maximum absolute atomic E-state index is 14.3. The van der Waals surface area contributed by atoms with E-state index >= 15 is 0 Å². The van der Waals surface area contributed by atoms with E-state index in [1.54, 1.807) is 0 Å². The Labute approximate surface area is 175 Å². The Kier molecular flexibility index (Phi) is 11.6. The van der Waals surface area contributed by atoms with E-state index in [0.717, 1.165) is 20.8 Å². The van der Waals surface area contributed by atoms with Gasteiger partial charge in [-0.15, -0.1) is 0 Å². The van der Waals surface area contributed by atoms with Crippen LogP contribution in [0, 0.1) is 0 Å². The van der Waals surface area contributed by atoms with Crippen LogP contribution in [0.4, 0.5) is 39.5 Å². The molecule has 0 fully saturated rings. The summed E-state index contributed by atoms with van der Waals surface area (Å²) < 4.78 is 137. The van der Waals surface area contributed by atoms with Crippen molar-refractivity contribution in [1.29, 1.82) is 0 Å². The van der Waals surface area contributed by atoms with E-state index in [9.17, 15) is 39.5 Å². The van der Waals surface area contributed by atoms with Crippen molar-refractivity contribution in [2.24, 2.45) is 0 Å². The zero-order valence-electron chi connectivity index (χ0n) is 17.9. The summed E-state index contributed by atoms with van der Waals surface area (Å²) in [5.41, 5.74) is 0. The van der Waals surface area contributed by atoms with Crippen LogP contribution >= 0.6 is 0 Å². The molecule has 3 unspecified atom stereocenters. The highest BCUT2D eigenvalue weighted by molar-refractivity contribution is 6.36. The van der Waals surface area contributed by atoms with Crippen LogP contribution in [0.5, 0.6) is 0 Å². The molecule has 0 amide bonds. The number of hydrogen-bond donors (Lipinski definition) is 0. The monoisotopic (exact) mass is 479 g/mol. The number of halogens is 9. The highest BCUT2D eigenvalue weighted by Gasteiger charge is 2.56. The molecule has 0 aliphatic heterocycles. The summed E-state index contributed by atoms with van der Waals surface area (Å²) >= 11 is 0. The van der Waals surface area contributed by atoms with Crippen LogP contribution in [-0.2, 0) is 14.0 Å². The summed E-state index contributed by atoms with van der Waals surface area (Å²) in [4.78, 5) is -0.977. The van der Waals surface area contributed by atoms with Gasteiger partial charge in [0.1, 0.15) is 0 Å². The molecule has 31 heavy (non-hydrogen) atoms. The first kappa shape index (κ1) is 30.2. The second kappa shape index (κ2) is 11.9. The van der Waals surface area contributed by atoms with Crippen LogP contribution in [0.25, 0.3) is 0 Å². The molecule has 6 nitrogen and oxygen atoms in total. The van der Waals surface area contributed by atoms with Crippen LogP contribution in [0.2, 0.25) is 0 Å². The van der Waals surface area contributed by atoms with Gasteiger partial charge in [-0.3, -0.25) is 0 Å². The minimum absolute atomic E-state index is 0.326. The summed E-state index contributed by atoms with van der Waals surface area (Å²) in [6.07, 6.45) is -21.6. The first-order valence-corrected chi connectivity index (χ1v) is 9.36. The van der Waals surface area contributed by atoms with E-state index in [1.807, 2.05) is 0 Å². The van der Waals surface area contributed by atoms with Crippen molar-refractivity contribution in [2.75, 3.05) is 19.6 Å². The Hall–Kier alpha value is -0.805. The van der Waals surface area contributed by atoms with Gasteiger partial charge in [-0.2, -0.15) is 41.0 Å². The topological polar surface area (TPSA) is 37.4 Å². The predicted molar refractivity (Wildman–Crippen MR) is 92.7 cm³/mol. The molecule has 0 aliphatic rings. The van der Waals surface area contributed by atoms with Crippen molar-refractivity contribution in [1.82, 2.24) is 14.7 Å². The third-order valence-electron chi connectivity index (χ3n) is 4.03. The van der Waals surface area contributed by atoms with Crippen LogP contribution in [0.15, 0.2) is 0 Å². The maximum Gasteiger partial charge on any atom is 0.655 e. The van der Waals surface area contributed by atoms with E-state index in [0.29, 0.717) is 20.8 Å². The lowest BCUT2D eigenvalue weighted by Crippen LogP contribution is -2.58. The Morgan fingerprint density at radius 1 is 0.581 bits per heavy atom. The molecule has 0 saturated heterocycles. The first-order chi connectivity index (χ1) is 14.0. The lowest BCUT2D eigenvalue weighted by molar-refractivity contribution is -0.372. The average Bonchev–Trinajstić information content (AvgIpc) is 2.52. The second-order valence-electron chi connectivity index (χ2n) is 6.18. The minimum Gasteiger partial charge on any atom is -0.312 e. The smallest absolute Gasteiger partial charge is 0.312 e. The normalized spacial score (nSPS) is 16.8. The number of hydrogen-bond acceptors (Lipinski definition) is 6. The number of alkyl halides is 9. The van der Waals surface area contributed by atoms with Gasteiger partial charge in [0.15, 0.2) is 18.9 Å². The molecule has 16 heteroatoms. The molecule has 0 radical (unpaired) electrons. The average molecular weight is 479 g/mol. The Morgan fingerprint density at radius 2 is 0.774 bits per heavy atom. The molecule has 0 spiro atoms. The Balaban J connectivity index is 6.02. The van der Waals surface area contributed by atoms with Gasteiger partial charge in [-0.05, 0) is 20.8 Å². The summed E-state index contributed by atoms with van der Waals surface area (Å²) in [5.74, 6) is 0. The van der Waals surface area contributed by atoms with Crippen molar-refractivity contribution in [2.45, 2.75) is 79.1 Å². The van der Waals surface area contributed by atoms with Crippen molar-refractivity contribution in [3.8, 4) is 0 Å². The van der Waals surface area contributed by atoms with Crippen molar-refractivity contribution in [3.05, 3.63) is 0 Å². The van der Waals surface area contributed by atoms with Gasteiger partial charge in [-0.1, -0.05) is 20.8 Å². The van der Waals surface area contributed by atoms with Gasteiger partial charge in [0.25, 0.3) is 0 Å². The fraction of sp³-hybridized carbons (Fsp3) is 1.00. The van der Waals surface area contributed by atoms with Gasteiger partial charge in [-0.25, -0.2) is 13.2 Å². The minimum atomic E-state index is -4.78. The molecule has 0 aromatic heterocycles. The molecule has 0 aromatic rings. The highest BCUT2D eigenvalue weighted by atomic mass is 19.3. The van der Waals surface area contributed by atoms with Crippen LogP contribution < -0.4 is 0 Å². The molecule has 0 bridgehead atoms. The first-order valence-electron chi connectivity index (χ1n) is 9.36. The number of nitrogens with zero attached hydrogens (tertiary/aromatic N) is 3. The molecule has 0 aliphatic carbocycles. The van der Waals surface area contributed by atoms with E-state index in [-0.39, 0.29) is 14.7 Å². The molecular formula is C15H27BF9N3O3. The summed E-state index contributed by atoms with van der Waals surface area (Å²) in [7, 11) is -3.58. The SMILES string of the molecule is CCN(C(C)F)C(F)(F)OB(OC(F)(F)N(CC)C(C)F)OC(F)(F)N(CC)C(C)F. The zero-order chi connectivity index (χ0) is 24.8. The fourth-order valence-electron chi connectivity index (χ4n) is 2.55. The van der Waals surface area contributed by atoms with E-state index in [1.165, 1.54) is 0 Å². The van der Waals surface area contributed by atoms with Crippen molar-refractivity contribution >= 4 is 7.32 Å². The van der Waals surface area contributed by atoms with Crippen LogP contribution in [-0.4, -0.2) is 79.2 Å². The van der Waals surface area contributed by atoms with Crippen molar-refractivity contribution < 1.29 is 53.5 Å². The van der Waals surface area contributed by atoms with Crippen LogP contribution in [0.3, 0.4) is 0 Å². The van der Waals surface area contributed by atoms with Gasteiger partial charge in [0, 0.05) is 19.6 Å². The highest BCUT2D eigenvalue weighted by Crippen LogP contribution is 2.33. The Bertz CT molecular complexity index is 462. The largest absolute Gasteiger partial charge is 0.655 e. The van der Waals surface area contributed by atoms with Gasteiger partial charge < -0.3 is 14.0 Å². The molecule has 0 saturated carbocycles. The molecule has 0 N–H and O–H groups in total. The van der Waals surface area contributed by atoms with E-state index in [4.69, 9.17) is 0 Å². The standard InChI is InChI=1S/C15H27BF9N3O3/c1-7-26(10(4)17)13(20,21)29-16(30-14(22,23)27(8-2)11(5)18)31-15(24,25)28(9-3)12(6)19/h10-12H,7-9H2,1-6H3. The van der Waals surface area contributed by atoms with Crippen LogP contribution in [0.1, 0.15) is 41.5 Å². The summed E-state index contributed by atoms with van der Waals surface area (Å²) in [6, 6.07) is 0. The van der Waals surface area contributed by atoms with Gasteiger partial charge >= 0.3 is 26.0 Å². The molecule has 186 valence electrons. The molecule has 0 heterocycles.